The molecule has 126 valence electrons. The Morgan fingerprint density at radius 1 is 1.48 bits per heavy atom. The van der Waals surface area contributed by atoms with Crippen molar-refractivity contribution < 1.29 is 19.0 Å². The van der Waals surface area contributed by atoms with E-state index < -0.39 is 0 Å². The standard InChI is InChI=1S/C19H26O4/c1-4-21-19(20)11-6-5-9-17-14(2)8-7-10-18(17)15(3)22-12-16-13-23-16/h5,7-10,15-16H,4,6,11-13H2,1-3H3/b9-5+/t15-,16+/m1/s1. The summed E-state index contributed by atoms with van der Waals surface area (Å²) in [5, 5.41) is 0. The first-order chi connectivity index (χ1) is 11.1. The van der Waals surface area contributed by atoms with E-state index in [1.54, 1.807) is 0 Å². The maximum atomic E-state index is 11.4. The molecule has 0 bridgehead atoms. The van der Waals surface area contributed by atoms with Gasteiger partial charge in [0.2, 0.25) is 0 Å². The quantitative estimate of drug-likeness (QED) is 0.513. The fourth-order valence-electron chi connectivity index (χ4n) is 2.43. The number of hydrogen-bond acceptors (Lipinski definition) is 4. The van der Waals surface area contributed by atoms with Crippen molar-refractivity contribution in [3.63, 3.8) is 0 Å². The van der Waals surface area contributed by atoms with Crippen LogP contribution < -0.4 is 0 Å². The number of epoxide rings is 1. The normalized spacial score (nSPS) is 18.1. The van der Waals surface area contributed by atoms with Crippen molar-refractivity contribution in [2.45, 2.75) is 45.8 Å². The Labute approximate surface area is 138 Å². The number of esters is 1. The minimum absolute atomic E-state index is 0.0174. The van der Waals surface area contributed by atoms with Gasteiger partial charge < -0.3 is 14.2 Å². The van der Waals surface area contributed by atoms with Gasteiger partial charge in [-0.05, 0) is 43.9 Å². The zero-order chi connectivity index (χ0) is 16.7. The highest BCUT2D eigenvalue weighted by molar-refractivity contribution is 5.69. The Morgan fingerprint density at radius 2 is 2.26 bits per heavy atom. The predicted octanol–water partition coefficient (Wildman–Crippen LogP) is 3.83. The maximum Gasteiger partial charge on any atom is 0.306 e. The molecule has 1 aromatic carbocycles. The molecule has 4 heteroatoms. The summed E-state index contributed by atoms with van der Waals surface area (Å²) in [7, 11) is 0. The van der Waals surface area contributed by atoms with E-state index in [0.717, 1.165) is 12.2 Å². The highest BCUT2D eigenvalue weighted by Crippen LogP contribution is 2.26. The third-order valence-electron chi connectivity index (χ3n) is 3.84. The first-order valence-corrected chi connectivity index (χ1v) is 8.26. The number of aryl methyl sites for hydroxylation is 1. The SMILES string of the molecule is CCOC(=O)CC/C=C/c1c(C)cccc1[C@@H](C)OC[C@H]1CO1. The van der Waals surface area contributed by atoms with Crippen molar-refractivity contribution in [1.82, 2.24) is 0 Å². The summed E-state index contributed by atoms with van der Waals surface area (Å²) < 4.78 is 16.0. The van der Waals surface area contributed by atoms with Crippen molar-refractivity contribution in [2.75, 3.05) is 19.8 Å². The van der Waals surface area contributed by atoms with Gasteiger partial charge in [-0.1, -0.05) is 30.4 Å². The number of ether oxygens (including phenoxy) is 3. The van der Waals surface area contributed by atoms with Crippen molar-refractivity contribution in [3.8, 4) is 0 Å². The summed E-state index contributed by atoms with van der Waals surface area (Å²) in [6.07, 6.45) is 5.49. The highest BCUT2D eigenvalue weighted by Gasteiger charge is 2.24. The van der Waals surface area contributed by atoms with Gasteiger partial charge in [0.05, 0.1) is 25.9 Å². The summed E-state index contributed by atoms with van der Waals surface area (Å²) in [5.74, 6) is -0.150. The van der Waals surface area contributed by atoms with Crippen LogP contribution in [-0.2, 0) is 19.0 Å². The predicted molar refractivity (Wildman–Crippen MR) is 90.2 cm³/mol. The van der Waals surface area contributed by atoms with Gasteiger partial charge in [-0.25, -0.2) is 0 Å². The zero-order valence-electron chi connectivity index (χ0n) is 14.2. The van der Waals surface area contributed by atoms with E-state index in [9.17, 15) is 4.79 Å². The fraction of sp³-hybridized carbons (Fsp3) is 0.526. The smallest absolute Gasteiger partial charge is 0.306 e. The Hall–Kier alpha value is -1.65. The molecule has 1 aliphatic rings. The average Bonchev–Trinajstić information content (AvgIpc) is 3.35. The van der Waals surface area contributed by atoms with Crippen LogP contribution in [-0.4, -0.2) is 31.9 Å². The van der Waals surface area contributed by atoms with Crippen LogP contribution in [0.15, 0.2) is 24.3 Å². The molecule has 4 nitrogen and oxygen atoms in total. The van der Waals surface area contributed by atoms with E-state index in [1.165, 1.54) is 11.1 Å². The van der Waals surface area contributed by atoms with E-state index >= 15 is 0 Å². The molecule has 23 heavy (non-hydrogen) atoms. The van der Waals surface area contributed by atoms with Gasteiger partial charge >= 0.3 is 5.97 Å². The van der Waals surface area contributed by atoms with E-state index in [4.69, 9.17) is 14.2 Å². The van der Waals surface area contributed by atoms with Crippen LogP contribution in [0.5, 0.6) is 0 Å². The molecule has 1 aromatic rings. The first-order valence-electron chi connectivity index (χ1n) is 8.26. The lowest BCUT2D eigenvalue weighted by atomic mass is 9.97. The minimum atomic E-state index is -0.150. The Morgan fingerprint density at radius 3 is 2.96 bits per heavy atom. The zero-order valence-corrected chi connectivity index (χ0v) is 14.2. The van der Waals surface area contributed by atoms with E-state index in [2.05, 4.69) is 32.1 Å². The molecule has 1 saturated heterocycles. The van der Waals surface area contributed by atoms with Crippen LogP contribution in [0.25, 0.3) is 6.08 Å². The Kier molecular flexibility index (Phi) is 6.81. The molecule has 2 atom stereocenters. The number of rotatable bonds is 9. The van der Waals surface area contributed by atoms with Crippen LogP contribution in [0.2, 0.25) is 0 Å². The van der Waals surface area contributed by atoms with E-state index in [1.807, 2.05) is 19.1 Å². The van der Waals surface area contributed by atoms with Crippen molar-refractivity contribution in [1.29, 1.82) is 0 Å². The van der Waals surface area contributed by atoms with Gasteiger partial charge in [0.1, 0.15) is 6.10 Å². The third kappa shape index (κ3) is 5.81. The van der Waals surface area contributed by atoms with Gasteiger partial charge in [0, 0.05) is 6.42 Å². The second-order valence-electron chi connectivity index (χ2n) is 5.75. The second kappa shape index (κ2) is 8.85. The summed E-state index contributed by atoms with van der Waals surface area (Å²) in [6, 6.07) is 6.23. The molecule has 0 saturated carbocycles. The molecule has 0 spiro atoms. The molecule has 1 fully saturated rings. The number of allylic oxidation sites excluding steroid dienone is 1. The molecule has 0 N–H and O–H groups in total. The van der Waals surface area contributed by atoms with Gasteiger partial charge in [0.15, 0.2) is 0 Å². The molecule has 0 aromatic heterocycles. The Balaban J connectivity index is 1.97. The number of benzene rings is 1. The van der Waals surface area contributed by atoms with Crippen molar-refractivity contribution in [2.24, 2.45) is 0 Å². The fourth-order valence-corrected chi connectivity index (χ4v) is 2.43. The molecular formula is C19H26O4. The van der Waals surface area contributed by atoms with E-state index in [0.29, 0.717) is 26.1 Å². The first kappa shape index (κ1) is 17.7. The minimum Gasteiger partial charge on any atom is -0.466 e. The highest BCUT2D eigenvalue weighted by atomic mass is 16.6. The summed E-state index contributed by atoms with van der Waals surface area (Å²) in [5.41, 5.74) is 3.53. The molecular weight excluding hydrogens is 292 g/mol. The molecule has 0 aliphatic carbocycles. The molecule has 1 aliphatic heterocycles. The molecule has 2 rings (SSSR count). The summed E-state index contributed by atoms with van der Waals surface area (Å²) >= 11 is 0. The van der Waals surface area contributed by atoms with Crippen LogP contribution in [0.4, 0.5) is 0 Å². The number of carbonyl (C=O) groups is 1. The molecule has 0 radical (unpaired) electrons. The van der Waals surface area contributed by atoms with Gasteiger partial charge in [-0.3, -0.25) is 4.79 Å². The maximum absolute atomic E-state index is 11.4. The summed E-state index contributed by atoms with van der Waals surface area (Å²) in [4.78, 5) is 11.4. The number of hydrogen-bond donors (Lipinski definition) is 0. The van der Waals surface area contributed by atoms with Crippen LogP contribution >= 0.6 is 0 Å². The lowest BCUT2D eigenvalue weighted by Gasteiger charge is -2.17. The lowest BCUT2D eigenvalue weighted by molar-refractivity contribution is -0.142. The number of carbonyl (C=O) groups excluding carboxylic acids is 1. The molecule has 1 heterocycles. The molecule has 0 amide bonds. The van der Waals surface area contributed by atoms with Crippen LogP contribution in [0, 0.1) is 6.92 Å². The topological polar surface area (TPSA) is 48.1 Å². The van der Waals surface area contributed by atoms with Crippen LogP contribution in [0.1, 0.15) is 49.5 Å². The van der Waals surface area contributed by atoms with Gasteiger partial charge in [-0.15, -0.1) is 0 Å². The molecule has 0 unspecified atom stereocenters. The largest absolute Gasteiger partial charge is 0.466 e. The lowest BCUT2D eigenvalue weighted by Crippen LogP contribution is -2.08. The summed E-state index contributed by atoms with van der Waals surface area (Å²) in [6.45, 7) is 7.85. The van der Waals surface area contributed by atoms with Crippen molar-refractivity contribution in [3.05, 3.63) is 41.0 Å². The van der Waals surface area contributed by atoms with Crippen molar-refractivity contribution >= 4 is 12.0 Å². The van der Waals surface area contributed by atoms with Gasteiger partial charge in [0.25, 0.3) is 0 Å². The third-order valence-corrected chi connectivity index (χ3v) is 3.84. The average molecular weight is 318 g/mol. The van der Waals surface area contributed by atoms with E-state index in [-0.39, 0.29) is 18.2 Å². The monoisotopic (exact) mass is 318 g/mol. The van der Waals surface area contributed by atoms with Gasteiger partial charge in [-0.2, -0.15) is 0 Å². The Bertz CT molecular complexity index is 546. The van der Waals surface area contributed by atoms with Crippen LogP contribution in [0.3, 0.4) is 0 Å². The second-order valence-corrected chi connectivity index (χ2v) is 5.75.